The van der Waals surface area contributed by atoms with Crippen LogP contribution in [-0.2, 0) is 9.59 Å². The predicted molar refractivity (Wildman–Crippen MR) is 74.4 cm³/mol. The van der Waals surface area contributed by atoms with Crippen LogP contribution in [0.25, 0.3) is 0 Å². The summed E-state index contributed by atoms with van der Waals surface area (Å²) < 4.78 is 12.8. The molecule has 0 unspecified atom stereocenters. The van der Waals surface area contributed by atoms with E-state index in [1.54, 1.807) is 0 Å². The molecule has 22 heavy (non-hydrogen) atoms. The molecule has 1 aromatic carbocycles. The van der Waals surface area contributed by atoms with Gasteiger partial charge in [-0.25, -0.2) is 9.18 Å². The lowest BCUT2D eigenvalue weighted by Crippen LogP contribution is -2.61. The van der Waals surface area contributed by atoms with Gasteiger partial charge in [0.2, 0.25) is 11.8 Å². The normalized spacial score (nSPS) is 16.9. The molecule has 1 aliphatic heterocycles. The SMILES string of the molecule is CC1(CCCC(=O)c2ccc(F)cc2)C(=O)NC(=O)NC1=O. The van der Waals surface area contributed by atoms with Crippen LogP contribution in [0, 0.1) is 11.2 Å². The fourth-order valence-electron chi connectivity index (χ4n) is 2.23. The van der Waals surface area contributed by atoms with Gasteiger partial charge in [-0.3, -0.25) is 25.0 Å². The van der Waals surface area contributed by atoms with Crippen LogP contribution in [0.4, 0.5) is 9.18 Å². The molecule has 0 aromatic heterocycles. The second-order valence-electron chi connectivity index (χ2n) is 5.35. The molecular formula is C15H15FN2O4. The van der Waals surface area contributed by atoms with E-state index >= 15 is 0 Å². The van der Waals surface area contributed by atoms with Crippen LogP contribution < -0.4 is 10.6 Å². The van der Waals surface area contributed by atoms with Gasteiger partial charge in [-0.2, -0.15) is 0 Å². The number of Topliss-reactive ketones (excluding diaryl/α,β-unsaturated/α-hetero) is 1. The maximum atomic E-state index is 12.8. The smallest absolute Gasteiger partial charge is 0.294 e. The number of urea groups is 1. The molecule has 1 aromatic rings. The van der Waals surface area contributed by atoms with Crippen molar-refractivity contribution in [2.75, 3.05) is 0 Å². The highest BCUT2D eigenvalue weighted by atomic mass is 19.1. The number of imide groups is 2. The number of carbonyl (C=O) groups excluding carboxylic acids is 4. The highest BCUT2D eigenvalue weighted by Gasteiger charge is 2.45. The molecule has 1 saturated heterocycles. The van der Waals surface area contributed by atoms with Gasteiger partial charge in [0.15, 0.2) is 5.78 Å². The number of halogens is 1. The summed E-state index contributed by atoms with van der Waals surface area (Å²) in [5.41, 5.74) is -1.00. The predicted octanol–water partition coefficient (Wildman–Crippen LogP) is 1.55. The Hall–Kier alpha value is -2.57. The molecule has 0 radical (unpaired) electrons. The van der Waals surface area contributed by atoms with E-state index in [0.717, 1.165) is 0 Å². The summed E-state index contributed by atoms with van der Waals surface area (Å²) in [5, 5.41) is 4.08. The fraction of sp³-hybridized carbons (Fsp3) is 0.333. The minimum Gasteiger partial charge on any atom is -0.294 e. The Balaban J connectivity index is 1.94. The first-order chi connectivity index (χ1) is 10.3. The first kappa shape index (κ1) is 15.8. The lowest BCUT2D eigenvalue weighted by Gasteiger charge is -2.30. The molecule has 4 amide bonds. The van der Waals surface area contributed by atoms with Crippen LogP contribution in [0.5, 0.6) is 0 Å². The van der Waals surface area contributed by atoms with E-state index in [0.29, 0.717) is 12.0 Å². The van der Waals surface area contributed by atoms with Gasteiger partial charge < -0.3 is 0 Å². The zero-order chi connectivity index (χ0) is 16.3. The largest absolute Gasteiger partial charge is 0.328 e. The Morgan fingerprint density at radius 1 is 1.09 bits per heavy atom. The van der Waals surface area contributed by atoms with Gasteiger partial charge in [0.25, 0.3) is 0 Å². The minimum atomic E-state index is -1.38. The molecule has 116 valence electrons. The fourth-order valence-corrected chi connectivity index (χ4v) is 2.23. The standard InChI is InChI=1S/C15H15FN2O4/c1-15(12(20)17-14(22)18-13(15)21)8-2-3-11(19)9-4-6-10(16)7-5-9/h4-7H,2-3,8H2,1H3,(H2,17,18,20,21,22). The van der Waals surface area contributed by atoms with Crippen molar-refractivity contribution in [2.45, 2.75) is 26.2 Å². The van der Waals surface area contributed by atoms with Crippen molar-refractivity contribution in [1.82, 2.24) is 10.6 Å². The number of amides is 4. The van der Waals surface area contributed by atoms with Crippen LogP contribution >= 0.6 is 0 Å². The molecule has 2 rings (SSSR count). The van der Waals surface area contributed by atoms with Crippen LogP contribution in [0.3, 0.4) is 0 Å². The zero-order valence-electron chi connectivity index (χ0n) is 11.9. The van der Waals surface area contributed by atoms with Gasteiger partial charge in [0.05, 0.1) is 0 Å². The molecule has 0 spiro atoms. The third-order valence-corrected chi connectivity index (χ3v) is 3.70. The average molecular weight is 306 g/mol. The summed E-state index contributed by atoms with van der Waals surface area (Å²) in [6, 6.07) is 4.33. The molecular weight excluding hydrogens is 291 g/mol. The monoisotopic (exact) mass is 306 g/mol. The number of benzene rings is 1. The lowest BCUT2D eigenvalue weighted by molar-refractivity contribution is -0.143. The summed E-state index contributed by atoms with van der Waals surface area (Å²) in [7, 11) is 0. The highest BCUT2D eigenvalue weighted by Crippen LogP contribution is 2.27. The summed E-state index contributed by atoms with van der Waals surface area (Å²) in [6.45, 7) is 1.42. The number of hydrogen-bond acceptors (Lipinski definition) is 4. The Morgan fingerprint density at radius 2 is 1.64 bits per heavy atom. The first-order valence-electron chi connectivity index (χ1n) is 6.78. The summed E-state index contributed by atoms with van der Waals surface area (Å²) in [5.74, 6) is -1.97. The molecule has 1 aliphatic rings. The van der Waals surface area contributed by atoms with E-state index in [2.05, 4.69) is 0 Å². The molecule has 1 heterocycles. The topological polar surface area (TPSA) is 92.3 Å². The highest BCUT2D eigenvalue weighted by molar-refractivity contribution is 6.18. The summed E-state index contributed by atoms with van der Waals surface area (Å²) >= 11 is 0. The van der Waals surface area contributed by atoms with E-state index < -0.39 is 29.1 Å². The Bertz CT molecular complexity index is 619. The summed E-state index contributed by atoms with van der Waals surface area (Å²) in [4.78, 5) is 46.6. The third kappa shape index (κ3) is 3.19. The van der Waals surface area contributed by atoms with Crippen molar-refractivity contribution in [1.29, 1.82) is 0 Å². The molecule has 0 aliphatic carbocycles. The number of barbiturate groups is 1. The molecule has 1 fully saturated rings. The van der Waals surface area contributed by atoms with Gasteiger partial charge >= 0.3 is 6.03 Å². The molecule has 0 atom stereocenters. The van der Waals surface area contributed by atoms with Gasteiger partial charge in [0.1, 0.15) is 11.2 Å². The van der Waals surface area contributed by atoms with E-state index in [-0.39, 0.29) is 18.6 Å². The number of carbonyl (C=O) groups is 4. The molecule has 0 bridgehead atoms. The van der Waals surface area contributed by atoms with Gasteiger partial charge in [0, 0.05) is 12.0 Å². The Kier molecular flexibility index (Phi) is 4.35. The van der Waals surface area contributed by atoms with E-state index in [1.807, 2.05) is 10.6 Å². The Morgan fingerprint density at radius 3 is 2.18 bits per heavy atom. The average Bonchev–Trinajstić information content (AvgIpc) is 2.45. The number of hydrogen-bond donors (Lipinski definition) is 2. The second kappa shape index (κ2) is 6.05. The van der Waals surface area contributed by atoms with Crippen LogP contribution in [0.2, 0.25) is 0 Å². The van der Waals surface area contributed by atoms with Crippen molar-refractivity contribution in [3.05, 3.63) is 35.6 Å². The van der Waals surface area contributed by atoms with Gasteiger partial charge in [-0.1, -0.05) is 0 Å². The first-order valence-corrected chi connectivity index (χ1v) is 6.78. The quantitative estimate of drug-likeness (QED) is 0.637. The van der Waals surface area contributed by atoms with Crippen LogP contribution in [-0.4, -0.2) is 23.6 Å². The molecule has 0 saturated carbocycles. The molecule has 7 heteroatoms. The molecule has 2 N–H and O–H groups in total. The van der Waals surface area contributed by atoms with E-state index in [9.17, 15) is 23.6 Å². The minimum absolute atomic E-state index is 0.121. The number of nitrogens with one attached hydrogen (secondary N) is 2. The second-order valence-corrected chi connectivity index (χ2v) is 5.35. The maximum Gasteiger partial charge on any atom is 0.328 e. The van der Waals surface area contributed by atoms with Crippen LogP contribution in [0.15, 0.2) is 24.3 Å². The van der Waals surface area contributed by atoms with Gasteiger partial charge in [-0.05, 0) is 44.0 Å². The zero-order valence-corrected chi connectivity index (χ0v) is 11.9. The van der Waals surface area contributed by atoms with Gasteiger partial charge in [-0.15, -0.1) is 0 Å². The van der Waals surface area contributed by atoms with Crippen molar-refractivity contribution in [3.63, 3.8) is 0 Å². The van der Waals surface area contributed by atoms with Crippen LogP contribution in [0.1, 0.15) is 36.5 Å². The number of ketones is 1. The van der Waals surface area contributed by atoms with E-state index in [4.69, 9.17) is 0 Å². The third-order valence-electron chi connectivity index (χ3n) is 3.70. The van der Waals surface area contributed by atoms with E-state index in [1.165, 1.54) is 31.2 Å². The molecule has 6 nitrogen and oxygen atoms in total. The summed E-state index contributed by atoms with van der Waals surface area (Å²) in [6.07, 6.45) is 0.544. The maximum absolute atomic E-state index is 12.8. The van der Waals surface area contributed by atoms with Crippen molar-refractivity contribution >= 4 is 23.6 Å². The lowest BCUT2D eigenvalue weighted by atomic mass is 9.81. The van der Waals surface area contributed by atoms with Crippen molar-refractivity contribution in [3.8, 4) is 0 Å². The Labute approximate surface area is 126 Å². The van der Waals surface area contributed by atoms with Crippen molar-refractivity contribution < 1.29 is 23.6 Å². The van der Waals surface area contributed by atoms with Crippen molar-refractivity contribution in [2.24, 2.45) is 5.41 Å². The number of rotatable bonds is 5.